The number of esters is 1. The van der Waals surface area contributed by atoms with E-state index in [-0.39, 0.29) is 28.3 Å². The van der Waals surface area contributed by atoms with Crippen LogP contribution >= 0.6 is 23.2 Å². The molecule has 0 aliphatic carbocycles. The van der Waals surface area contributed by atoms with Crippen LogP contribution in [-0.4, -0.2) is 30.0 Å². The highest BCUT2D eigenvalue weighted by Crippen LogP contribution is 2.16. The minimum atomic E-state index is -0.420. The van der Waals surface area contributed by atoms with Crippen LogP contribution in [-0.2, 0) is 9.53 Å². The van der Waals surface area contributed by atoms with E-state index in [9.17, 15) is 9.59 Å². The van der Waals surface area contributed by atoms with Crippen molar-refractivity contribution in [1.82, 2.24) is 10.3 Å². The lowest BCUT2D eigenvalue weighted by atomic mass is 10.3. The third-order valence-electron chi connectivity index (χ3n) is 2.18. The maximum atomic E-state index is 11.8. The summed E-state index contributed by atoms with van der Waals surface area (Å²) < 4.78 is 4.77. The summed E-state index contributed by atoms with van der Waals surface area (Å²) >= 11 is 11.5. The molecule has 19 heavy (non-hydrogen) atoms. The summed E-state index contributed by atoms with van der Waals surface area (Å²) in [5.74, 6) is -0.702. The zero-order valence-corrected chi connectivity index (χ0v) is 11.9. The van der Waals surface area contributed by atoms with E-state index in [1.54, 1.807) is 6.92 Å². The Kier molecular flexibility index (Phi) is 6.59. The normalized spacial score (nSPS) is 10.1. The molecule has 0 radical (unpaired) electrons. The largest absolute Gasteiger partial charge is 0.466 e. The van der Waals surface area contributed by atoms with E-state index >= 15 is 0 Å². The molecule has 0 aliphatic heterocycles. The summed E-state index contributed by atoms with van der Waals surface area (Å²) in [5.41, 5.74) is 0.0744. The Morgan fingerprint density at radius 3 is 2.79 bits per heavy atom. The summed E-state index contributed by atoms with van der Waals surface area (Å²) in [6, 6.07) is 3.01. The number of halogens is 2. The van der Waals surface area contributed by atoms with E-state index in [1.807, 2.05) is 0 Å². The van der Waals surface area contributed by atoms with Gasteiger partial charge in [0.05, 0.1) is 11.6 Å². The minimum absolute atomic E-state index is 0.0744. The molecule has 104 valence electrons. The summed E-state index contributed by atoms with van der Waals surface area (Å²) in [7, 11) is 0. The maximum Gasteiger partial charge on any atom is 0.305 e. The summed E-state index contributed by atoms with van der Waals surface area (Å²) in [4.78, 5) is 26.7. The summed E-state index contributed by atoms with van der Waals surface area (Å²) in [5, 5.41) is 3.04. The number of carbonyl (C=O) groups excluding carboxylic acids is 2. The minimum Gasteiger partial charge on any atom is -0.466 e. The van der Waals surface area contributed by atoms with Crippen LogP contribution in [0.5, 0.6) is 0 Å². The van der Waals surface area contributed by atoms with Crippen LogP contribution < -0.4 is 5.32 Å². The second-order valence-electron chi connectivity index (χ2n) is 3.63. The second-order valence-corrected chi connectivity index (χ2v) is 4.42. The van der Waals surface area contributed by atoms with E-state index in [1.165, 1.54) is 12.1 Å². The molecule has 1 aromatic heterocycles. The highest BCUT2D eigenvalue weighted by atomic mass is 35.5. The molecule has 0 saturated heterocycles. The smallest absolute Gasteiger partial charge is 0.305 e. The fourth-order valence-electron chi connectivity index (χ4n) is 1.33. The Hall–Kier alpha value is -1.33. The zero-order chi connectivity index (χ0) is 14.3. The predicted molar refractivity (Wildman–Crippen MR) is 72.5 cm³/mol. The molecule has 1 aromatic rings. The van der Waals surface area contributed by atoms with E-state index in [0.29, 0.717) is 19.6 Å². The number of nitrogens with zero attached hydrogens (tertiary/aromatic N) is 1. The number of aromatic nitrogens is 1. The highest BCUT2D eigenvalue weighted by Gasteiger charge is 2.12. The van der Waals surface area contributed by atoms with E-state index in [4.69, 9.17) is 27.9 Å². The predicted octanol–water partition coefficient (Wildman–Crippen LogP) is 2.46. The van der Waals surface area contributed by atoms with Gasteiger partial charge in [0.2, 0.25) is 0 Å². The first-order chi connectivity index (χ1) is 9.04. The summed E-state index contributed by atoms with van der Waals surface area (Å²) in [6.45, 7) is 2.43. The molecule has 1 heterocycles. The van der Waals surface area contributed by atoms with Gasteiger partial charge in [-0.15, -0.1) is 0 Å². The van der Waals surface area contributed by atoms with Gasteiger partial charge in [0.1, 0.15) is 10.8 Å². The van der Waals surface area contributed by atoms with Crippen molar-refractivity contribution in [2.24, 2.45) is 0 Å². The van der Waals surface area contributed by atoms with Gasteiger partial charge in [-0.2, -0.15) is 0 Å². The second kappa shape index (κ2) is 7.96. The van der Waals surface area contributed by atoms with Crippen LogP contribution in [0.2, 0.25) is 10.2 Å². The molecule has 1 rings (SSSR count). The van der Waals surface area contributed by atoms with Crippen LogP contribution in [0.3, 0.4) is 0 Å². The molecule has 0 saturated carbocycles. The fourth-order valence-corrected chi connectivity index (χ4v) is 1.67. The van der Waals surface area contributed by atoms with Gasteiger partial charge in [-0.3, -0.25) is 9.59 Å². The number of ether oxygens (including phenoxy) is 1. The van der Waals surface area contributed by atoms with E-state index < -0.39 is 5.91 Å². The van der Waals surface area contributed by atoms with Gasteiger partial charge in [0, 0.05) is 13.0 Å². The van der Waals surface area contributed by atoms with Gasteiger partial charge in [-0.05, 0) is 25.5 Å². The monoisotopic (exact) mass is 304 g/mol. The number of hydrogen-bond donors (Lipinski definition) is 1. The molecule has 0 fully saturated rings. The fraction of sp³-hybridized carbons (Fsp3) is 0.417. The molecular weight excluding hydrogens is 291 g/mol. The first-order valence-electron chi connectivity index (χ1n) is 5.80. The molecule has 0 spiro atoms. The van der Waals surface area contributed by atoms with Crippen molar-refractivity contribution in [3.63, 3.8) is 0 Å². The third-order valence-corrected chi connectivity index (χ3v) is 2.69. The standard InChI is InChI=1S/C12H14Cl2N2O3/c1-2-19-10(17)4-3-7-15-12(18)11-8(13)5-6-9(14)16-11/h5-6H,2-4,7H2,1H3,(H,15,18). The average molecular weight is 305 g/mol. The molecule has 7 heteroatoms. The topological polar surface area (TPSA) is 68.3 Å². The van der Waals surface area contributed by atoms with Crippen LogP contribution in [0.4, 0.5) is 0 Å². The number of nitrogens with one attached hydrogen (secondary N) is 1. The number of rotatable bonds is 6. The Bertz CT molecular complexity index is 466. The molecule has 0 bridgehead atoms. The van der Waals surface area contributed by atoms with Crippen LogP contribution in [0.25, 0.3) is 0 Å². The Morgan fingerprint density at radius 1 is 1.37 bits per heavy atom. The third kappa shape index (κ3) is 5.44. The molecule has 0 unspecified atom stereocenters. The molecular formula is C12H14Cl2N2O3. The van der Waals surface area contributed by atoms with E-state index in [0.717, 1.165) is 0 Å². The van der Waals surface area contributed by atoms with Gasteiger partial charge in [0.15, 0.2) is 0 Å². The van der Waals surface area contributed by atoms with Crippen molar-refractivity contribution in [2.45, 2.75) is 19.8 Å². The number of hydrogen-bond acceptors (Lipinski definition) is 4. The average Bonchev–Trinajstić information content (AvgIpc) is 2.37. The highest BCUT2D eigenvalue weighted by molar-refractivity contribution is 6.34. The van der Waals surface area contributed by atoms with Crippen molar-refractivity contribution in [3.8, 4) is 0 Å². The van der Waals surface area contributed by atoms with Crippen molar-refractivity contribution in [1.29, 1.82) is 0 Å². The Labute approximate surface area is 121 Å². The van der Waals surface area contributed by atoms with Crippen LogP contribution in [0.15, 0.2) is 12.1 Å². The SMILES string of the molecule is CCOC(=O)CCCNC(=O)c1nc(Cl)ccc1Cl. The Morgan fingerprint density at radius 2 is 2.11 bits per heavy atom. The molecule has 0 aliphatic rings. The van der Waals surface area contributed by atoms with Crippen molar-refractivity contribution < 1.29 is 14.3 Å². The van der Waals surface area contributed by atoms with Crippen molar-refractivity contribution in [2.75, 3.05) is 13.2 Å². The van der Waals surface area contributed by atoms with Crippen molar-refractivity contribution >= 4 is 35.1 Å². The van der Waals surface area contributed by atoms with Gasteiger partial charge in [-0.25, -0.2) is 4.98 Å². The van der Waals surface area contributed by atoms with Gasteiger partial charge in [-0.1, -0.05) is 23.2 Å². The van der Waals surface area contributed by atoms with Crippen LogP contribution in [0, 0.1) is 0 Å². The molecule has 0 aromatic carbocycles. The zero-order valence-electron chi connectivity index (χ0n) is 10.4. The van der Waals surface area contributed by atoms with Gasteiger partial charge < -0.3 is 10.1 Å². The number of amides is 1. The van der Waals surface area contributed by atoms with Crippen molar-refractivity contribution in [3.05, 3.63) is 28.0 Å². The lowest BCUT2D eigenvalue weighted by Crippen LogP contribution is -2.26. The van der Waals surface area contributed by atoms with E-state index in [2.05, 4.69) is 10.3 Å². The van der Waals surface area contributed by atoms with Gasteiger partial charge >= 0.3 is 5.97 Å². The Balaban J connectivity index is 2.39. The lowest BCUT2D eigenvalue weighted by molar-refractivity contribution is -0.143. The maximum absolute atomic E-state index is 11.8. The first kappa shape index (κ1) is 15.7. The molecule has 0 atom stereocenters. The quantitative estimate of drug-likeness (QED) is 0.498. The van der Waals surface area contributed by atoms with Gasteiger partial charge in [0.25, 0.3) is 5.91 Å². The van der Waals surface area contributed by atoms with Crippen LogP contribution in [0.1, 0.15) is 30.3 Å². The molecule has 1 amide bonds. The number of carbonyl (C=O) groups is 2. The number of pyridine rings is 1. The molecule has 1 N–H and O–H groups in total. The first-order valence-corrected chi connectivity index (χ1v) is 6.56. The summed E-state index contributed by atoms with van der Waals surface area (Å²) in [6.07, 6.45) is 0.744. The lowest BCUT2D eigenvalue weighted by Gasteiger charge is -2.06. The molecule has 5 nitrogen and oxygen atoms in total.